The van der Waals surface area contributed by atoms with E-state index in [0.29, 0.717) is 15.0 Å². The quantitative estimate of drug-likeness (QED) is 0.285. The zero-order chi connectivity index (χ0) is 22.1. The molecule has 7 heteroatoms. The number of carbonyl (C=O) groups is 1. The van der Waals surface area contributed by atoms with Gasteiger partial charge in [0.15, 0.2) is 5.13 Å². The summed E-state index contributed by atoms with van der Waals surface area (Å²) >= 11 is 8.96. The molecule has 1 N–H and O–H groups in total. The predicted molar refractivity (Wildman–Crippen MR) is 135 cm³/mol. The largest absolute Gasteiger partial charge is 0.298 e. The number of thiazole rings is 1. The highest BCUT2D eigenvalue weighted by Crippen LogP contribution is 2.33. The summed E-state index contributed by atoms with van der Waals surface area (Å²) in [7, 11) is 0. The highest BCUT2D eigenvalue weighted by atomic mass is 35.5. The minimum atomic E-state index is -0.213. The molecule has 0 radical (unpaired) electrons. The lowest BCUT2D eigenvalue weighted by Gasteiger charge is -2.08. The first kappa shape index (κ1) is 20.8. The summed E-state index contributed by atoms with van der Waals surface area (Å²) in [6, 6.07) is 21.6. The number of rotatable bonds is 5. The van der Waals surface area contributed by atoms with E-state index in [1.54, 1.807) is 0 Å². The number of halogens is 1. The van der Waals surface area contributed by atoms with Crippen molar-refractivity contribution in [1.82, 2.24) is 9.97 Å². The van der Waals surface area contributed by atoms with Crippen molar-refractivity contribution in [3.63, 3.8) is 0 Å². The number of aryl methyl sites for hydroxylation is 1. The van der Waals surface area contributed by atoms with E-state index in [2.05, 4.69) is 41.5 Å². The van der Waals surface area contributed by atoms with Crippen LogP contribution in [0.5, 0.6) is 0 Å². The number of hydrogen-bond acceptors (Lipinski definition) is 5. The average molecular weight is 476 g/mol. The number of fused-ring (bicyclic) bond motifs is 1. The van der Waals surface area contributed by atoms with Gasteiger partial charge in [0.05, 0.1) is 31.7 Å². The molecule has 0 unspecified atom stereocenters. The number of para-hydroxylation sites is 1. The van der Waals surface area contributed by atoms with Crippen LogP contribution in [0, 0.1) is 0 Å². The van der Waals surface area contributed by atoms with Crippen LogP contribution in [-0.2, 0) is 6.42 Å². The summed E-state index contributed by atoms with van der Waals surface area (Å²) in [5.74, 6) is -0.213. The molecule has 158 valence electrons. The second-order valence-corrected chi connectivity index (χ2v) is 9.79. The molecule has 0 atom stereocenters. The molecule has 32 heavy (non-hydrogen) atoms. The number of aromatic nitrogens is 2. The molecular formula is C25H18ClN3OS2. The fourth-order valence-corrected chi connectivity index (χ4v) is 5.20. The van der Waals surface area contributed by atoms with Gasteiger partial charge in [0.25, 0.3) is 5.91 Å². The minimum absolute atomic E-state index is 0.213. The Morgan fingerprint density at radius 1 is 1.00 bits per heavy atom. The minimum Gasteiger partial charge on any atom is -0.298 e. The molecule has 0 saturated carbocycles. The molecule has 5 rings (SSSR count). The number of nitrogens with zero attached hydrogens (tertiary/aromatic N) is 2. The Balaban J connectivity index is 1.46. The second kappa shape index (κ2) is 8.82. The van der Waals surface area contributed by atoms with Crippen molar-refractivity contribution < 1.29 is 4.79 Å². The number of hydrogen-bond donors (Lipinski definition) is 1. The maximum absolute atomic E-state index is 13.3. The molecule has 2 aromatic carbocycles. The van der Waals surface area contributed by atoms with Gasteiger partial charge in [-0.25, -0.2) is 9.97 Å². The molecular weight excluding hydrogens is 458 g/mol. The van der Waals surface area contributed by atoms with Crippen molar-refractivity contribution in [2.45, 2.75) is 13.3 Å². The highest BCUT2D eigenvalue weighted by molar-refractivity contribution is 7.19. The maximum Gasteiger partial charge on any atom is 0.258 e. The lowest BCUT2D eigenvalue weighted by atomic mass is 10.1. The molecule has 0 aliphatic heterocycles. The molecule has 4 nitrogen and oxygen atoms in total. The van der Waals surface area contributed by atoms with Gasteiger partial charge in [0.2, 0.25) is 0 Å². The van der Waals surface area contributed by atoms with Gasteiger partial charge in [0, 0.05) is 16.3 Å². The zero-order valence-electron chi connectivity index (χ0n) is 17.1. The van der Waals surface area contributed by atoms with Gasteiger partial charge in [-0.05, 0) is 36.2 Å². The number of pyridine rings is 1. The van der Waals surface area contributed by atoms with Crippen molar-refractivity contribution in [1.29, 1.82) is 0 Å². The molecule has 0 bridgehead atoms. The Hall–Kier alpha value is -3.06. The number of benzene rings is 2. The Morgan fingerprint density at radius 2 is 1.81 bits per heavy atom. The van der Waals surface area contributed by atoms with Crippen molar-refractivity contribution in [2.75, 3.05) is 5.32 Å². The molecule has 3 aromatic heterocycles. The summed E-state index contributed by atoms with van der Waals surface area (Å²) in [6.07, 6.45) is 0.998. The number of anilines is 1. The number of carbonyl (C=O) groups excluding carboxylic acids is 1. The molecule has 0 spiro atoms. The van der Waals surface area contributed by atoms with E-state index in [1.165, 1.54) is 28.2 Å². The second-order valence-electron chi connectivity index (χ2n) is 7.22. The van der Waals surface area contributed by atoms with Gasteiger partial charge in [-0.1, -0.05) is 61.0 Å². The Morgan fingerprint density at radius 3 is 2.56 bits per heavy atom. The summed E-state index contributed by atoms with van der Waals surface area (Å²) in [5, 5.41) is 6.28. The van der Waals surface area contributed by atoms with Crippen molar-refractivity contribution >= 4 is 56.2 Å². The van der Waals surface area contributed by atoms with E-state index in [9.17, 15) is 4.79 Å². The molecule has 0 fully saturated rings. The zero-order valence-corrected chi connectivity index (χ0v) is 19.5. The van der Waals surface area contributed by atoms with E-state index in [0.717, 1.165) is 39.2 Å². The Bertz CT molecular complexity index is 1420. The van der Waals surface area contributed by atoms with Crippen LogP contribution in [0.15, 0.2) is 72.1 Å². The summed E-state index contributed by atoms with van der Waals surface area (Å²) in [6.45, 7) is 2.13. The molecule has 3 heterocycles. The normalized spacial score (nSPS) is 11.1. The summed E-state index contributed by atoms with van der Waals surface area (Å²) in [5.41, 5.74) is 5.20. The molecule has 1 amide bonds. The topological polar surface area (TPSA) is 54.9 Å². The fourth-order valence-electron chi connectivity index (χ4n) is 3.48. The third-order valence-corrected chi connectivity index (χ3v) is 7.18. The van der Waals surface area contributed by atoms with Crippen LogP contribution in [0.2, 0.25) is 4.34 Å². The van der Waals surface area contributed by atoms with Gasteiger partial charge >= 0.3 is 0 Å². The number of thiophene rings is 1. The van der Waals surface area contributed by atoms with Gasteiger partial charge < -0.3 is 0 Å². The molecule has 0 aliphatic rings. The summed E-state index contributed by atoms with van der Waals surface area (Å²) < 4.78 is 0.684. The molecule has 0 saturated heterocycles. The van der Waals surface area contributed by atoms with Gasteiger partial charge in [-0.3, -0.25) is 10.1 Å². The van der Waals surface area contributed by atoms with Crippen molar-refractivity contribution in [3.05, 3.63) is 87.6 Å². The third kappa shape index (κ3) is 4.17. The van der Waals surface area contributed by atoms with Crippen LogP contribution in [-0.4, -0.2) is 15.9 Å². The van der Waals surface area contributed by atoms with Crippen LogP contribution >= 0.6 is 34.3 Å². The maximum atomic E-state index is 13.3. The van der Waals surface area contributed by atoms with E-state index < -0.39 is 0 Å². The third-order valence-electron chi connectivity index (χ3n) is 5.17. The van der Waals surface area contributed by atoms with Crippen LogP contribution in [0.1, 0.15) is 22.8 Å². The van der Waals surface area contributed by atoms with Gasteiger partial charge in [-0.15, -0.1) is 22.7 Å². The van der Waals surface area contributed by atoms with E-state index >= 15 is 0 Å². The van der Waals surface area contributed by atoms with Crippen molar-refractivity contribution in [2.24, 2.45) is 0 Å². The van der Waals surface area contributed by atoms with Crippen LogP contribution in [0.3, 0.4) is 0 Å². The monoisotopic (exact) mass is 475 g/mol. The smallest absolute Gasteiger partial charge is 0.258 e. The summed E-state index contributed by atoms with van der Waals surface area (Å²) in [4.78, 5) is 23.5. The number of amides is 1. The lowest BCUT2D eigenvalue weighted by molar-refractivity contribution is 0.102. The first-order valence-corrected chi connectivity index (χ1v) is 12.2. The van der Waals surface area contributed by atoms with Gasteiger partial charge in [-0.2, -0.15) is 0 Å². The fraction of sp³-hybridized carbons (Fsp3) is 0.0800. The van der Waals surface area contributed by atoms with Crippen molar-refractivity contribution in [3.8, 4) is 21.8 Å². The van der Waals surface area contributed by atoms with E-state index in [4.69, 9.17) is 16.6 Å². The van der Waals surface area contributed by atoms with Crippen LogP contribution < -0.4 is 5.32 Å². The van der Waals surface area contributed by atoms with E-state index in [1.807, 2.05) is 47.8 Å². The Kier molecular flexibility index (Phi) is 5.74. The highest BCUT2D eigenvalue weighted by Gasteiger charge is 2.16. The van der Waals surface area contributed by atoms with Crippen LogP contribution in [0.25, 0.3) is 32.7 Å². The average Bonchev–Trinajstić information content (AvgIpc) is 3.47. The standard InChI is InChI=1S/C25H18ClN3OS2/c1-2-15-7-9-16(10-8-15)21-14-31-25(28-21)29-24(30)18-13-20(22-11-12-23(26)32-22)27-19-6-4-3-5-17(18)19/h3-14H,2H2,1H3,(H,28,29,30). The molecule has 0 aliphatic carbocycles. The van der Waals surface area contributed by atoms with E-state index in [-0.39, 0.29) is 5.91 Å². The molecule has 5 aromatic rings. The SMILES string of the molecule is CCc1ccc(-c2csc(NC(=O)c3cc(-c4ccc(Cl)s4)nc4ccccc34)n2)cc1. The first-order valence-electron chi connectivity index (χ1n) is 10.1. The van der Waals surface area contributed by atoms with Crippen LogP contribution in [0.4, 0.5) is 5.13 Å². The number of nitrogens with one attached hydrogen (secondary N) is 1. The lowest BCUT2D eigenvalue weighted by Crippen LogP contribution is -2.13. The predicted octanol–water partition coefficient (Wildman–Crippen LogP) is 7.55. The Labute approximate surface area is 198 Å². The first-order chi connectivity index (χ1) is 15.6. The van der Waals surface area contributed by atoms with Gasteiger partial charge in [0.1, 0.15) is 0 Å².